The van der Waals surface area contributed by atoms with Crippen LogP contribution in [0.4, 0.5) is 13.9 Å². The molecule has 0 saturated heterocycles. The predicted octanol–water partition coefficient (Wildman–Crippen LogP) is 4.40. The minimum absolute atomic E-state index is 0.0243. The Bertz CT molecular complexity index is 992. The number of nitrogens with zero attached hydrogens (tertiary/aromatic N) is 1. The number of thiazole rings is 1. The Morgan fingerprint density at radius 2 is 2.03 bits per heavy atom. The maximum atomic E-state index is 12.6. The zero-order chi connectivity index (χ0) is 21.5. The quantitative estimate of drug-likeness (QED) is 0.520. The summed E-state index contributed by atoms with van der Waals surface area (Å²) in [6.07, 6.45) is 1.85. The van der Waals surface area contributed by atoms with E-state index in [0.29, 0.717) is 22.8 Å². The van der Waals surface area contributed by atoms with Gasteiger partial charge in [-0.15, -0.1) is 11.3 Å². The van der Waals surface area contributed by atoms with E-state index in [-0.39, 0.29) is 23.8 Å². The highest BCUT2D eigenvalue weighted by Crippen LogP contribution is 2.28. The molecule has 0 aliphatic carbocycles. The maximum absolute atomic E-state index is 12.6. The monoisotopic (exact) mass is 435 g/mol. The average Bonchev–Trinajstić information content (AvgIpc) is 3.38. The summed E-state index contributed by atoms with van der Waals surface area (Å²) in [6, 6.07) is 8.98. The van der Waals surface area contributed by atoms with E-state index in [2.05, 4.69) is 20.4 Å². The van der Waals surface area contributed by atoms with Crippen LogP contribution in [0.5, 0.6) is 5.75 Å². The summed E-state index contributed by atoms with van der Waals surface area (Å²) in [5, 5.41) is 7.41. The topological polar surface area (TPSA) is 93.5 Å². The molecule has 1 atom stereocenters. The van der Waals surface area contributed by atoms with Crippen molar-refractivity contribution in [3.63, 3.8) is 0 Å². The minimum atomic E-state index is -2.95. The number of carbonyl (C=O) groups excluding carboxylic acids is 2. The molecule has 158 valence electrons. The van der Waals surface area contributed by atoms with Gasteiger partial charge in [0, 0.05) is 10.9 Å². The molecule has 30 heavy (non-hydrogen) atoms. The number of halogens is 2. The maximum Gasteiger partial charge on any atom is 0.387 e. The van der Waals surface area contributed by atoms with Gasteiger partial charge >= 0.3 is 6.61 Å². The molecule has 2 amide bonds. The number of alkyl halides is 2. The lowest BCUT2D eigenvalue weighted by Gasteiger charge is -2.20. The molecule has 2 aromatic heterocycles. The van der Waals surface area contributed by atoms with Gasteiger partial charge in [0.15, 0.2) is 10.9 Å². The van der Waals surface area contributed by atoms with Gasteiger partial charge in [-0.2, -0.15) is 8.78 Å². The first kappa shape index (κ1) is 21.4. The van der Waals surface area contributed by atoms with Gasteiger partial charge in [-0.1, -0.05) is 25.1 Å². The summed E-state index contributed by atoms with van der Waals surface area (Å²) < 4.78 is 34.9. The van der Waals surface area contributed by atoms with Crippen LogP contribution < -0.4 is 15.4 Å². The number of nitrogens with one attached hydrogen (secondary N) is 2. The first-order chi connectivity index (χ1) is 14.5. The van der Waals surface area contributed by atoms with Gasteiger partial charge in [0.25, 0.3) is 5.91 Å². The molecule has 0 saturated carbocycles. The molecule has 0 fully saturated rings. The fraction of sp³-hybridized carbons (Fsp3) is 0.250. The van der Waals surface area contributed by atoms with E-state index in [4.69, 9.17) is 4.42 Å². The number of furan rings is 1. The van der Waals surface area contributed by atoms with Crippen molar-refractivity contribution in [2.45, 2.75) is 32.4 Å². The molecule has 3 rings (SSSR count). The predicted molar refractivity (Wildman–Crippen MR) is 107 cm³/mol. The van der Waals surface area contributed by atoms with E-state index in [1.807, 2.05) is 6.92 Å². The molecule has 2 N–H and O–H groups in total. The number of para-hydroxylation sites is 1. The highest BCUT2D eigenvalue weighted by Gasteiger charge is 2.20. The number of rotatable bonds is 9. The third-order valence-corrected chi connectivity index (χ3v) is 4.92. The van der Waals surface area contributed by atoms with Crippen molar-refractivity contribution in [1.82, 2.24) is 10.3 Å². The largest absolute Gasteiger partial charge is 0.459 e. The molecular weight excluding hydrogens is 416 g/mol. The van der Waals surface area contributed by atoms with Crippen molar-refractivity contribution in [1.29, 1.82) is 0 Å². The van der Waals surface area contributed by atoms with Crippen LogP contribution in [0.15, 0.2) is 52.5 Å². The van der Waals surface area contributed by atoms with E-state index in [1.54, 1.807) is 29.6 Å². The van der Waals surface area contributed by atoms with Gasteiger partial charge in [0.2, 0.25) is 5.91 Å². The normalized spacial score (nSPS) is 11.9. The second kappa shape index (κ2) is 9.97. The minimum Gasteiger partial charge on any atom is -0.459 e. The number of benzene rings is 1. The molecule has 1 unspecified atom stereocenters. The van der Waals surface area contributed by atoms with E-state index in [9.17, 15) is 18.4 Å². The first-order valence-corrected chi connectivity index (χ1v) is 9.96. The highest BCUT2D eigenvalue weighted by atomic mass is 32.1. The smallest absolute Gasteiger partial charge is 0.387 e. The Morgan fingerprint density at radius 3 is 2.73 bits per heavy atom. The van der Waals surface area contributed by atoms with E-state index >= 15 is 0 Å². The van der Waals surface area contributed by atoms with E-state index in [1.165, 1.54) is 29.7 Å². The zero-order valence-electron chi connectivity index (χ0n) is 15.9. The number of amides is 2. The molecule has 10 heteroatoms. The van der Waals surface area contributed by atoms with Crippen LogP contribution in [0.1, 0.15) is 41.2 Å². The molecular formula is C20H19F2N3O4S. The Labute approximate surface area is 175 Å². The van der Waals surface area contributed by atoms with E-state index < -0.39 is 18.6 Å². The summed E-state index contributed by atoms with van der Waals surface area (Å²) in [7, 11) is 0. The molecule has 0 spiro atoms. The van der Waals surface area contributed by atoms with Crippen LogP contribution in [-0.2, 0) is 11.2 Å². The molecule has 7 nitrogen and oxygen atoms in total. The lowest BCUT2D eigenvalue weighted by atomic mass is 10.0. The van der Waals surface area contributed by atoms with Crippen molar-refractivity contribution in [3.8, 4) is 5.75 Å². The summed E-state index contributed by atoms with van der Waals surface area (Å²) in [6.45, 7) is -1.13. The molecule has 0 aliphatic heterocycles. The summed E-state index contributed by atoms with van der Waals surface area (Å²) >= 11 is 1.18. The van der Waals surface area contributed by atoms with Crippen molar-refractivity contribution in [2.24, 2.45) is 0 Å². The third kappa shape index (κ3) is 5.63. The molecule has 1 aromatic carbocycles. The molecule has 0 radical (unpaired) electrons. The zero-order valence-corrected chi connectivity index (χ0v) is 16.7. The van der Waals surface area contributed by atoms with Crippen molar-refractivity contribution in [2.75, 3.05) is 5.32 Å². The Morgan fingerprint density at radius 1 is 1.23 bits per heavy atom. The Balaban J connectivity index is 1.61. The van der Waals surface area contributed by atoms with Gasteiger partial charge in [-0.25, -0.2) is 4.98 Å². The number of carbonyl (C=O) groups is 2. The number of ether oxygens (including phenoxy) is 1. The van der Waals surface area contributed by atoms with Crippen LogP contribution in [0.3, 0.4) is 0 Å². The third-order valence-electron chi connectivity index (χ3n) is 4.11. The molecule has 0 aliphatic rings. The van der Waals surface area contributed by atoms with Crippen LogP contribution in [-0.4, -0.2) is 23.4 Å². The second-order valence-corrected chi connectivity index (χ2v) is 7.05. The molecule has 2 heterocycles. The fourth-order valence-corrected chi connectivity index (χ4v) is 3.50. The lowest BCUT2D eigenvalue weighted by molar-refractivity contribution is -0.121. The summed E-state index contributed by atoms with van der Waals surface area (Å²) in [5.41, 5.74) is 0.942. The molecule has 0 bridgehead atoms. The van der Waals surface area contributed by atoms with Gasteiger partial charge in [-0.3, -0.25) is 14.9 Å². The van der Waals surface area contributed by atoms with Gasteiger partial charge < -0.3 is 14.5 Å². The van der Waals surface area contributed by atoms with Crippen molar-refractivity contribution >= 4 is 28.3 Å². The van der Waals surface area contributed by atoms with Crippen LogP contribution in [0.2, 0.25) is 0 Å². The van der Waals surface area contributed by atoms with Gasteiger partial charge in [0.1, 0.15) is 5.75 Å². The van der Waals surface area contributed by atoms with Crippen molar-refractivity contribution in [3.05, 3.63) is 65.1 Å². The molecule has 3 aromatic rings. The van der Waals surface area contributed by atoms with E-state index in [0.717, 1.165) is 0 Å². The van der Waals surface area contributed by atoms with Gasteiger partial charge in [-0.05, 0) is 24.6 Å². The first-order valence-electron chi connectivity index (χ1n) is 9.08. The Kier molecular flexibility index (Phi) is 7.12. The summed E-state index contributed by atoms with van der Waals surface area (Å²) in [5.74, 6) is -0.592. The Hall–Kier alpha value is -3.27. The second-order valence-electron chi connectivity index (χ2n) is 6.20. The summed E-state index contributed by atoms with van der Waals surface area (Å²) in [4.78, 5) is 28.7. The van der Waals surface area contributed by atoms with Crippen LogP contribution in [0, 0.1) is 0 Å². The number of hydrogen-bond acceptors (Lipinski definition) is 6. The van der Waals surface area contributed by atoms with Crippen molar-refractivity contribution < 1.29 is 27.5 Å². The number of aromatic nitrogens is 1. The fourth-order valence-electron chi connectivity index (χ4n) is 2.79. The van der Waals surface area contributed by atoms with Crippen LogP contribution in [0.25, 0.3) is 0 Å². The highest BCUT2D eigenvalue weighted by molar-refractivity contribution is 7.14. The lowest BCUT2D eigenvalue weighted by Crippen LogP contribution is -2.30. The SMILES string of the molecule is CCC(NC(=O)Cc1csc(NC(=O)c2ccco2)n1)c1ccccc1OC(F)F. The standard InChI is InChI=1S/C20H19F2N3O4S/c1-2-14(13-6-3-4-7-15(13)29-19(21)22)24-17(26)10-12-11-30-20(23-12)25-18(27)16-8-5-9-28-16/h3-9,11,14,19H,2,10H2,1H3,(H,24,26)(H,23,25,27). The number of hydrogen-bond donors (Lipinski definition) is 2. The van der Waals surface area contributed by atoms with Crippen LogP contribution >= 0.6 is 11.3 Å². The average molecular weight is 435 g/mol. The number of anilines is 1. The van der Waals surface area contributed by atoms with Gasteiger partial charge in [0.05, 0.1) is 24.4 Å².